The lowest BCUT2D eigenvalue weighted by Gasteiger charge is -2.23. The number of nitrogens with zero attached hydrogens (tertiary/aromatic N) is 2. The fourth-order valence-electron chi connectivity index (χ4n) is 2.57. The largest absolute Gasteiger partial charge is 0.497 e. The first-order chi connectivity index (χ1) is 11.7. The van der Waals surface area contributed by atoms with E-state index in [1.807, 2.05) is 24.3 Å². The van der Waals surface area contributed by atoms with Gasteiger partial charge in [0.05, 0.1) is 12.8 Å². The Morgan fingerprint density at radius 3 is 2.67 bits per heavy atom. The van der Waals surface area contributed by atoms with Crippen molar-refractivity contribution in [1.82, 2.24) is 0 Å². The third-order valence-electron chi connectivity index (χ3n) is 3.72. The normalized spacial score (nSPS) is 13.3. The van der Waals surface area contributed by atoms with Crippen molar-refractivity contribution >= 4 is 34.8 Å². The molecule has 0 radical (unpaired) electrons. The molecule has 2 amide bonds. The van der Waals surface area contributed by atoms with Gasteiger partial charge in [0.2, 0.25) is 0 Å². The summed E-state index contributed by atoms with van der Waals surface area (Å²) >= 11 is 5.98. The summed E-state index contributed by atoms with van der Waals surface area (Å²) in [6.45, 7) is 0.742. The van der Waals surface area contributed by atoms with E-state index in [9.17, 15) is 4.79 Å². The van der Waals surface area contributed by atoms with Gasteiger partial charge in [-0.25, -0.2) is 4.79 Å². The molecule has 2 aromatic carbocycles. The second-order valence-corrected chi connectivity index (χ2v) is 5.81. The molecule has 0 aromatic heterocycles. The summed E-state index contributed by atoms with van der Waals surface area (Å²) in [6.07, 6.45) is 1.72. The number of hydrogen-bond acceptors (Lipinski definition) is 3. The van der Waals surface area contributed by atoms with Crippen molar-refractivity contribution in [2.45, 2.75) is 12.8 Å². The second-order valence-electron chi connectivity index (χ2n) is 5.38. The third-order valence-corrected chi connectivity index (χ3v) is 3.96. The molecule has 5 nitrogen and oxygen atoms in total. The number of anilines is 2. The molecule has 1 N–H and O–H groups in total. The van der Waals surface area contributed by atoms with Crippen LogP contribution in [0, 0.1) is 0 Å². The Morgan fingerprint density at radius 2 is 2.04 bits per heavy atom. The summed E-state index contributed by atoms with van der Waals surface area (Å²) < 4.78 is 5.18. The minimum Gasteiger partial charge on any atom is -0.497 e. The maximum atomic E-state index is 12.8. The van der Waals surface area contributed by atoms with E-state index in [0.29, 0.717) is 10.7 Å². The molecule has 0 atom stereocenters. The van der Waals surface area contributed by atoms with E-state index >= 15 is 0 Å². The fraction of sp³-hybridized carbons (Fsp3) is 0.222. The van der Waals surface area contributed by atoms with Gasteiger partial charge >= 0.3 is 6.03 Å². The highest BCUT2D eigenvalue weighted by Gasteiger charge is 2.23. The monoisotopic (exact) mass is 343 g/mol. The van der Waals surface area contributed by atoms with E-state index < -0.39 is 0 Å². The van der Waals surface area contributed by atoms with Crippen LogP contribution in [0.15, 0.2) is 53.5 Å². The molecule has 0 unspecified atom stereocenters. The van der Waals surface area contributed by atoms with Gasteiger partial charge in [-0.3, -0.25) is 9.89 Å². The van der Waals surface area contributed by atoms with Crippen LogP contribution < -0.4 is 15.0 Å². The number of halogens is 1. The van der Waals surface area contributed by atoms with E-state index in [1.165, 1.54) is 0 Å². The molecule has 0 spiro atoms. The van der Waals surface area contributed by atoms with E-state index in [-0.39, 0.29) is 6.03 Å². The first-order valence-electron chi connectivity index (χ1n) is 7.71. The molecule has 0 fully saturated rings. The van der Waals surface area contributed by atoms with Gasteiger partial charge in [0.25, 0.3) is 0 Å². The first kappa shape index (κ1) is 16.3. The Hall–Kier alpha value is -2.53. The molecule has 2 aromatic rings. The summed E-state index contributed by atoms with van der Waals surface area (Å²) in [5.74, 6) is 1.50. The summed E-state index contributed by atoms with van der Waals surface area (Å²) in [6, 6.07) is 14.1. The summed E-state index contributed by atoms with van der Waals surface area (Å²) in [7, 11) is 1.61. The van der Waals surface area contributed by atoms with Gasteiger partial charge < -0.3 is 10.1 Å². The van der Waals surface area contributed by atoms with Crippen molar-refractivity contribution in [3.8, 4) is 5.75 Å². The van der Waals surface area contributed by atoms with Crippen LogP contribution in [0.2, 0.25) is 5.02 Å². The molecule has 124 valence electrons. The molecule has 1 heterocycles. The molecule has 1 aliphatic rings. The zero-order chi connectivity index (χ0) is 16.9. The van der Waals surface area contributed by atoms with Crippen molar-refractivity contribution < 1.29 is 9.53 Å². The number of urea groups is 1. The Labute approximate surface area is 145 Å². The number of aliphatic imine (C=N–C) groups is 1. The number of methoxy groups -OCH3 is 1. The Bertz CT molecular complexity index is 759. The van der Waals surface area contributed by atoms with Crippen LogP contribution in [0.1, 0.15) is 12.8 Å². The Morgan fingerprint density at radius 1 is 1.25 bits per heavy atom. The van der Waals surface area contributed by atoms with Gasteiger partial charge in [-0.05, 0) is 48.9 Å². The van der Waals surface area contributed by atoms with Crippen LogP contribution in [0.4, 0.5) is 16.2 Å². The highest BCUT2D eigenvalue weighted by molar-refractivity contribution is 6.31. The van der Waals surface area contributed by atoms with Crippen molar-refractivity contribution in [3.63, 3.8) is 0 Å². The number of hydrogen-bond donors (Lipinski definition) is 1. The van der Waals surface area contributed by atoms with Crippen LogP contribution >= 0.6 is 11.6 Å². The van der Waals surface area contributed by atoms with Crippen LogP contribution in [-0.4, -0.2) is 25.5 Å². The molecule has 0 aliphatic carbocycles. The lowest BCUT2D eigenvalue weighted by Crippen LogP contribution is -2.39. The minimum absolute atomic E-state index is 0.261. The number of benzene rings is 2. The topological polar surface area (TPSA) is 53.9 Å². The van der Waals surface area contributed by atoms with Crippen LogP contribution in [-0.2, 0) is 0 Å². The minimum atomic E-state index is -0.261. The molecule has 6 heteroatoms. The number of nitrogens with one attached hydrogen (secondary N) is 1. The highest BCUT2D eigenvalue weighted by Crippen LogP contribution is 2.24. The summed E-state index contributed by atoms with van der Waals surface area (Å²) in [5, 5.41) is 3.45. The van der Waals surface area contributed by atoms with Crippen LogP contribution in [0.3, 0.4) is 0 Å². The Balaban J connectivity index is 1.87. The van der Waals surface area contributed by atoms with Crippen molar-refractivity contribution in [2.24, 2.45) is 4.99 Å². The van der Waals surface area contributed by atoms with Crippen molar-refractivity contribution in [1.29, 1.82) is 0 Å². The van der Waals surface area contributed by atoms with Crippen LogP contribution in [0.5, 0.6) is 5.75 Å². The van der Waals surface area contributed by atoms with E-state index in [2.05, 4.69) is 10.3 Å². The van der Waals surface area contributed by atoms with Gasteiger partial charge in [0, 0.05) is 23.7 Å². The molecule has 3 rings (SSSR count). The summed E-state index contributed by atoms with van der Waals surface area (Å²) in [5.41, 5.74) is 1.39. The van der Waals surface area contributed by atoms with E-state index in [1.54, 1.807) is 36.3 Å². The van der Waals surface area contributed by atoms with Crippen LogP contribution in [0.25, 0.3) is 0 Å². The second kappa shape index (κ2) is 7.36. The fourth-order valence-corrected chi connectivity index (χ4v) is 2.76. The average molecular weight is 344 g/mol. The predicted octanol–water partition coefficient (Wildman–Crippen LogP) is 4.58. The smallest absolute Gasteiger partial charge is 0.331 e. The van der Waals surface area contributed by atoms with Crippen molar-refractivity contribution in [3.05, 3.63) is 53.6 Å². The first-order valence-corrected chi connectivity index (χ1v) is 8.09. The number of rotatable bonds is 3. The number of amidine groups is 1. The molecule has 0 bridgehead atoms. The SMILES string of the molecule is COc1ccc(N(C(=O)Nc2cccc(Cl)c2)C2=NCCC2)cc1. The maximum Gasteiger partial charge on any atom is 0.331 e. The lowest BCUT2D eigenvalue weighted by molar-refractivity contribution is 0.259. The lowest BCUT2D eigenvalue weighted by atomic mass is 10.2. The van der Waals surface area contributed by atoms with Gasteiger partial charge in [-0.1, -0.05) is 17.7 Å². The standard InChI is InChI=1S/C18H18ClN3O2/c1-24-16-9-7-15(8-10-16)22(17-6-3-11-20-17)18(23)21-14-5-2-4-13(19)12-14/h2,4-5,7-10,12H,3,6,11H2,1H3,(H,21,23). The van der Waals surface area contributed by atoms with Gasteiger partial charge in [-0.2, -0.15) is 0 Å². The van der Waals surface area contributed by atoms with E-state index in [0.717, 1.165) is 36.7 Å². The number of carbonyl (C=O) groups excluding carboxylic acids is 1. The molecular weight excluding hydrogens is 326 g/mol. The van der Waals surface area contributed by atoms with Crippen molar-refractivity contribution in [2.75, 3.05) is 23.9 Å². The third kappa shape index (κ3) is 3.68. The number of amides is 2. The summed E-state index contributed by atoms with van der Waals surface area (Å²) in [4.78, 5) is 18.9. The zero-order valence-corrected chi connectivity index (χ0v) is 14.1. The quantitative estimate of drug-likeness (QED) is 0.886. The zero-order valence-electron chi connectivity index (χ0n) is 13.3. The van der Waals surface area contributed by atoms with Gasteiger partial charge in [0.15, 0.2) is 0 Å². The maximum absolute atomic E-state index is 12.8. The Kier molecular flexibility index (Phi) is 5.01. The van der Waals surface area contributed by atoms with E-state index in [4.69, 9.17) is 16.3 Å². The highest BCUT2D eigenvalue weighted by atomic mass is 35.5. The molecule has 0 saturated carbocycles. The average Bonchev–Trinajstić information content (AvgIpc) is 3.10. The number of ether oxygens (including phenoxy) is 1. The molecule has 0 saturated heterocycles. The molecular formula is C18H18ClN3O2. The molecule has 24 heavy (non-hydrogen) atoms. The number of carbonyl (C=O) groups is 1. The van der Waals surface area contributed by atoms with Gasteiger partial charge in [0.1, 0.15) is 11.6 Å². The van der Waals surface area contributed by atoms with Gasteiger partial charge in [-0.15, -0.1) is 0 Å². The molecule has 1 aliphatic heterocycles. The predicted molar refractivity (Wildman–Crippen MR) is 97.5 cm³/mol.